The Labute approximate surface area is 133 Å². The molecule has 1 aromatic carbocycles. The lowest BCUT2D eigenvalue weighted by Gasteiger charge is -2.22. The fourth-order valence-corrected chi connectivity index (χ4v) is 3.24. The van der Waals surface area contributed by atoms with Crippen LogP contribution in [0.2, 0.25) is 0 Å². The van der Waals surface area contributed by atoms with Crippen molar-refractivity contribution >= 4 is 15.9 Å². The highest BCUT2D eigenvalue weighted by Gasteiger charge is 2.20. The second-order valence-corrected chi connectivity index (χ2v) is 6.08. The molecule has 0 radical (unpaired) electrons. The minimum Gasteiger partial charge on any atom is -0.493 e. The molecule has 1 atom stereocenters. The number of halogens is 1. The van der Waals surface area contributed by atoms with E-state index in [0.717, 1.165) is 48.4 Å². The molecule has 2 heterocycles. The zero-order valence-electron chi connectivity index (χ0n) is 12.2. The molecule has 1 aliphatic rings. The van der Waals surface area contributed by atoms with Crippen LogP contribution in [0.15, 0.2) is 39.6 Å². The summed E-state index contributed by atoms with van der Waals surface area (Å²) in [7, 11) is 0. The highest BCUT2D eigenvalue weighted by molar-refractivity contribution is 9.10. The van der Waals surface area contributed by atoms with E-state index in [9.17, 15) is 0 Å². The zero-order valence-corrected chi connectivity index (χ0v) is 13.8. The van der Waals surface area contributed by atoms with Gasteiger partial charge in [0.15, 0.2) is 4.67 Å². The van der Waals surface area contributed by atoms with Crippen LogP contribution in [-0.2, 0) is 6.42 Å². The average molecular weight is 350 g/mol. The number of furan rings is 1. The molecule has 0 bridgehead atoms. The minimum absolute atomic E-state index is 0.144. The maximum atomic E-state index is 5.71. The molecule has 1 aromatic heterocycles. The number of rotatable bonds is 5. The van der Waals surface area contributed by atoms with Gasteiger partial charge in [0, 0.05) is 5.56 Å². The highest BCUT2D eigenvalue weighted by atomic mass is 79.9. The molecule has 0 fully saturated rings. The largest absolute Gasteiger partial charge is 0.493 e. The minimum atomic E-state index is 0.144. The smallest absolute Gasteiger partial charge is 0.174 e. The first kappa shape index (κ1) is 14.7. The quantitative estimate of drug-likeness (QED) is 0.865. The molecular weight excluding hydrogens is 330 g/mol. The Hall–Kier alpha value is -1.26. The summed E-state index contributed by atoms with van der Waals surface area (Å²) in [6, 6.07) is 8.68. The van der Waals surface area contributed by atoms with E-state index < -0.39 is 0 Å². The van der Waals surface area contributed by atoms with Crippen LogP contribution in [-0.4, -0.2) is 13.2 Å². The number of ether oxygens (including phenoxy) is 1. The summed E-state index contributed by atoms with van der Waals surface area (Å²) in [5.41, 5.74) is 3.71. The molecule has 0 spiro atoms. The molecule has 1 N–H and O–H groups in total. The summed E-state index contributed by atoms with van der Waals surface area (Å²) < 4.78 is 11.9. The molecule has 4 heteroatoms. The first-order valence-electron chi connectivity index (χ1n) is 7.51. The van der Waals surface area contributed by atoms with Gasteiger partial charge in [-0.2, -0.15) is 0 Å². The zero-order chi connectivity index (χ0) is 14.7. The lowest BCUT2D eigenvalue weighted by molar-refractivity contribution is 0.288. The number of nitrogens with one attached hydrogen (secondary N) is 1. The van der Waals surface area contributed by atoms with E-state index in [2.05, 4.69) is 46.4 Å². The summed E-state index contributed by atoms with van der Waals surface area (Å²) in [4.78, 5) is 0. The second kappa shape index (κ2) is 6.67. The molecule has 0 aliphatic carbocycles. The predicted octanol–water partition coefficient (Wildman–Crippen LogP) is 4.46. The standard InChI is InChI=1S/C17H20BrNO2/c1-2-8-19-16(14-7-10-21-17(14)18)13-5-6-15-12(11-13)4-3-9-20-15/h5-7,10-11,16,19H,2-4,8-9H2,1H3. The Kier molecular flexibility index (Phi) is 4.66. The van der Waals surface area contributed by atoms with Crippen molar-refractivity contribution in [1.29, 1.82) is 0 Å². The van der Waals surface area contributed by atoms with Crippen LogP contribution in [0.4, 0.5) is 0 Å². The van der Waals surface area contributed by atoms with Gasteiger partial charge in [0.1, 0.15) is 5.75 Å². The monoisotopic (exact) mass is 349 g/mol. The summed E-state index contributed by atoms with van der Waals surface area (Å²) in [5.74, 6) is 1.03. The first-order chi connectivity index (χ1) is 10.3. The molecule has 3 rings (SSSR count). The van der Waals surface area contributed by atoms with Gasteiger partial charge in [0.05, 0.1) is 18.9 Å². The lowest BCUT2D eigenvalue weighted by Crippen LogP contribution is -2.23. The van der Waals surface area contributed by atoms with Crippen molar-refractivity contribution in [3.63, 3.8) is 0 Å². The lowest BCUT2D eigenvalue weighted by atomic mass is 9.96. The fourth-order valence-electron chi connectivity index (χ4n) is 2.77. The Morgan fingerprint density at radius 2 is 2.24 bits per heavy atom. The molecule has 0 amide bonds. The summed E-state index contributed by atoms with van der Waals surface area (Å²) in [6.45, 7) is 3.97. The Bertz CT molecular complexity index is 609. The number of hydrogen-bond acceptors (Lipinski definition) is 3. The number of aryl methyl sites for hydroxylation is 1. The molecule has 1 aliphatic heterocycles. The maximum Gasteiger partial charge on any atom is 0.174 e. The Balaban J connectivity index is 1.94. The van der Waals surface area contributed by atoms with Gasteiger partial charge in [0.2, 0.25) is 0 Å². The molecule has 2 aromatic rings. The van der Waals surface area contributed by atoms with E-state index >= 15 is 0 Å². The van der Waals surface area contributed by atoms with Gasteiger partial charge in [-0.1, -0.05) is 19.1 Å². The van der Waals surface area contributed by atoms with E-state index in [1.807, 2.05) is 6.07 Å². The Morgan fingerprint density at radius 1 is 1.33 bits per heavy atom. The van der Waals surface area contributed by atoms with Gasteiger partial charge < -0.3 is 14.5 Å². The normalized spacial score (nSPS) is 15.3. The SMILES string of the molecule is CCCNC(c1ccc2c(c1)CCCO2)c1ccoc1Br. The highest BCUT2D eigenvalue weighted by Crippen LogP contribution is 2.33. The van der Waals surface area contributed by atoms with Crippen LogP contribution in [0, 0.1) is 0 Å². The molecular formula is C17H20BrNO2. The van der Waals surface area contributed by atoms with Gasteiger partial charge in [-0.25, -0.2) is 0 Å². The van der Waals surface area contributed by atoms with Gasteiger partial charge in [-0.15, -0.1) is 0 Å². The van der Waals surface area contributed by atoms with Crippen molar-refractivity contribution in [2.45, 2.75) is 32.2 Å². The van der Waals surface area contributed by atoms with Gasteiger partial charge in [0.25, 0.3) is 0 Å². The molecule has 112 valence electrons. The van der Waals surface area contributed by atoms with E-state index in [4.69, 9.17) is 9.15 Å². The molecule has 0 saturated heterocycles. The van der Waals surface area contributed by atoms with Crippen LogP contribution >= 0.6 is 15.9 Å². The van der Waals surface area contributed by atoms with Crippen LogP contribution in [0.25, 0.3) is 0 Å². The molecule has 21 heavy (non-hydrogen) atoms. The summed E-state index contributed by atoms with van der Waals surface area (Å²) in [5, 5.41) is 3.60. The van der Waals surface area contributed by atoms with E-state index in [-0.39, 0.29) is 6.04 Å². The molecule has 3 nitrogen and oxygen atoms in total. The first-order valence-corrected chi connectivity index (χ1v) is 8.30. The van der Waals surface area contributed by atoms with Gasteiger partial charge in [-0.3, -0.25) is 0 Å². The van der Waals surface area contributed by atoms with Gasteiger partial charge >= 0.3 is 0 Å². The third-order valence-electron chi connectivity index (χ3n) is 3.82. The second-order valence-electron chi connectivity index (χ2n) is 5.36. The van der Waals surface area contributed by atoms with Crippen molar-refractivity contribution in [3.8, 4) is 5.75 Å². The van der Waals surface area contributed by atoms with Crippen LogP contribution in [0.3, 0.4) is 0 Å². The average Bonchev–Trinajstić information content (AvgIpc) is 2.94. The van der Waals surface area contributed by atoms with Crippen molar-refractivity contribution in [3.05, 3.63) is 51.9 Å². The summed E-state index contributed by atoms with van der Waals surface area (Å²) >= 11 is 3.50. The fraction of sp³-hybridized carbons (Fsp3) is 0.412. The molecule has 1 unspecified atom stereocenters. The predicted molar refractivity (Wildman–Crippen MR) is 86.8 cm³/mol. The third-order valence-corrected chi connectivity index (χ3v) is 4.47. The topological polar surface area (TPSA) is 34.4 Å². The third kappa shape index (κ3) is 3.16. The van der Waals surface area contributed by atoms with Crippen LogP contribution in [0.1, 0.15) is 42.5 Å². The number of fused-ring (bicyclic) bond motifs is 1. The van der Waals surface area contributed by atoms with Crippen molar-refractivity contribution in [1.82, 2.24) is 5.32 Å². The van der Waals surface area contributed by atoms with E-state index in [1.165, 1.54) is 11.1 Å². The van der Waals surface area contributed by atoms with Gasteiger partial charge in [-0.05, 0) is 65.0 Å². The van der Waals surface area contributed by atoms with Crippen molar-refractivity contribution in [2.75, 3.05) is 13.2 Å². The Morgan fingerprint density at radius 3 is 3.00 bits per heavy atom. The van der Waals surface area contributed by atoms with Crippen molar-refractivity contribution in [2.24, 2.45) is 0 Å². The maximum absolute atomic E-state index is 5.71. The van der Waals surface area contributed by atoms with E-state index in [1.54, 1.807) is 6.26 Å². The molecule has 0 saturated carbocycles. The number of hydrogen-bond donors (Lipinski definition) is 1. The van der Waals surface area contributed by atoms with Crippen molar-refractivity contribution < 1.29 is 9.15 Å². The number of benzene rings is 1. The van der Waals surface area contributed by atoms with Crippen LogP contribution < -0.4 is 10.1 Å². The summed E-state index contributed by atoms with van der Waals surface area (Å²) in [6.07, 6.45) is 5.01. The van der Waals surface area contributed by atoms with Crippen LogP contribution in [0.5, 0.6) is 5.75 Å². The van der Waals surface area contributed by atoms with E-state index in [0.29, 0.717) is 0 Å².